The second-order valence-electron chi connectivity index (χ2n) is 7.74. The summed E-state index contributed by atoms with van der Waals surface area (Å²) in [5.41, 5.74) is 3.72. The lowest BCUT2D eigenvalue weighted by Gasteiger charge is -2.43. The quantitative estimate of drug-likeness (QED) is 0.902. The van der Waals surface area contributed by atoms with E-state index in [9.17, 15) is 5.11 Å². The number of aromatic nitrogens is 2. The largest absolute Gasteiger partial charge is 0.396 e. The maximum Gasteiger partial charge on any atom is 0.135 e. The average molecular weight is 339 g/mol. The minimum atomic E-state index is -0.108. The first kappa shape index (κ1) is 17.9. The molecule has 1 atom stereocenters. The third-order valence-corrected chi connectivity index (χ3v) is 5.46. The van der Waals surface area contributed by atoms with Gasteiger partial charge in [-0.1, -0.05) is 38.1 Å². The van der Waals surface area contributed by atoms with Crippen molar-refractivity contribution < 1.29 is 5.11 Å². The molecule has 4 nitrogen and oxygen atoms in total. The fourth-order valence-corrected chi connectivity index (χ4v) is 3.94. The molecule has 0 unspecified atom stereocenters. The molecule has 3 rings (SSSR count). The van der Waals surface area contributed by atoms with E-state index in [-0.39, 0.29) is 12.0 Å². The standard InChI is InChI=1S/C21H29N3O/c1-16(2)19-12-22-15-23-20(19)24-10-6-9-21(13-24,14-25)11-18-8-5-4-7-17(18)3/h4-5,7-8,12,15-16,25H,6,9-11,13-14H2,1-3H3/t21-/m1/s1. The predicted molar refractivity (Wildman–Crippen MR) is 102 cm³/mol. The number of piperidine rings is 1. The van der Waals surface area contributed by atoms with Gasteiger partial charge in [0, 0.05) is 30.3 Å². The van der Waals surface area contributed by atoms with Gasteiger partial charge in [0.2, 0.25) is 0 Å². The summed E-state index contributed by atoms with van der Waals surface area (Å²) >= 11 is 0. The van der Waals surface area contributed by atoms with Crippen molar-refractivity contribution in [2.24, 2.45) is 5.41 Å². The lowest BCUT2D eigenvalue weighted by atomic mass is 9.75. The lowest BCUT2D eigenvalue weighted by Crippen LogP contribution is -2.47. The van der Waals surface area contributed by atoms with Crippen LogP contribution in [0.1, 0.15) is 49.3 Å². The molecule has 0 bridgehead atoms. The number of nitrogens with zero attached hydrogens (tertiary/aromatic N) is 3. The third kappa shape index (κ3) is 3.84. The predicted octanol–water partition coefficient (Wildman–Crippen LogP) is 3.73. The molecular weight excluding hydrogens is 310 g/mol. The molecule has 0 amide bonds. The topological polar surface area (TPSA) is 49.2 Å². The molecule has 0 saturated carbocycles. The van der Waals surface area contributed by atoms with E-state index in [2.05, 4.69) is 59.9 Å². The summed E-state index contributed by atoms with van der Waals surface area (Å²) < 4.78 is 0. The summed E-state index contributed by atoms with van der Waals surface area (Å²) in [6, 6.07) is 8.51. The van der Waals surface area contributed by atoms with Crippen molar-refractivity contribution in [1.29, 1.82) is 0 Å². The van der Waals surface area contributed by atoms with E-state index in [0.717, 1.165) is 38.2 Å². The molecule has 1 aliphatic rings. The molecule has 25 heavy (non-hydrogen) atoms. The Morgan fingerprint density at radius 1 is 1.28 bits per heavy atom. The van der Waals surface area contributed by atoms with Crippen molar-refractivity contribution >= 4 is 5.82 Å². The van der Waals surface area contributed by atoms with Crippen molar-refractivity contribution in [3.63, 3.8) is 0 Å². The van der Waals surface area contributed by atoms with Crippen LogP contribution in [0.4, 0.5) is 5.82 Å². The van der Waals surface area contributed by atoms with Gasteiger partial charge in [0.1, 0.15) is 12.1 Å². The van der Waals surface area contributed by atoms with Crippen LogP contribution in [0.25, 0.3) is 0 Å². The molecule has 0 radical (unpaired) electrons. The summed E-state index contributed by atoms with van der Waals surface area (Å²) in [6.45, 7) is 8.56. The zero-order chi connectivity index (χ0) is 17.9. The molecule has 0 spiro atoms. The first-order valence-electron chi connectivity index (χ1n) is 9.25. The number of rotatable bonds is 5. The van der Waals surface area contributed by atoms with Crippen LogP contribution >= 0.6 is 0 Å². The van der Waals surface area contributed by atoms with Gasteiger partial charge in [0.05, 0.1) is 6.61 Å². The van der Waals surface area contributed by atoms with E-state index < -0.39 is 0 Å². The highest BCUT2D eigenvalue weighted by Crippen LogP contribution is 2.37. The van der Waals surface area contributed by atoms with Gasteiger partial charge in [0.15, 0.2) is 0 Å². The van der Waals surface area contributed by atoms with Crippen LogP contribution < -0.4 is 4.90 Å². The molecule has 1 saturated heterocycles. The maximum absolute atomic E-state index is 10.3. The molecule has 1 N–H and O–H groups in total. The van der Waals surface area contributed by atoms with E-state index in [4.69, 9.17) is 0 Å². The lowest BCUT2D eigenvalue weighted by molar-refractivity contribution is 0.105. The second kappa shape index (κ2) is 7.52. The summed E-state index contributed by atoms with van der Waals surface area (Å²) in [6.07, 6.45) is 6.61. The number of benzene rings is 1. The van der Waals surface area contributed by atoms with Gasteiger partial charge in [-0.25, -0.2) is 9.97 Å². The smallest absolute Gasteiger partial charge is 0.135 e. The average Bonchev–Trinajstić information content (AvgIpc) is 2.64. The Morgan fingerprint density at radius 2 is 2.08 bits per heavy atom. The van der Waals surface area contributed by atoms with Crippen molar-refractivity contribution in [3.8, 4) is 0 Å². The van der Waals surface area contributed by atoms with Crippen LogP contribution in [0.15, 0.2) is 36.8 Å². The van der Waals surface area contributed by atoms with E-state index in [1.54, 1.807) is 6.33 Å². The van der Waals surface area contributed by atoms with Crippen LogP contribution in [-0.4, -0.2) is 34.8 Å². The van der Waals surface area contributed by atoms with Crippen LogP contribution in [0, 0.1) is 12.3 Å². The van der Waals surface area contributed by atoms with Gasteiger partial charge in [-0.2, -0.15) is 0 Å². The number of aliphatic hydroxyl groups is 1. The van der Waals surface area contributed by atoms with Crippen LogP contribution in [0.5, 0.6) is 0 Å². The highest BCUT2D eigenvalue weighted by Gasteiger charge is 2.36. The fourth-order valence-electron chi connectivity index (χ4n) is 3.94. The van der Waals surface area contributed by atoms with Crippen molar-refractivity contribution in [3.05, 3.63) is 53.5 Å². The zero-order valence-electron chi connectivity index (χ0n) is 15.6. The Hall–Kier alpha value is -1.94. The molecule has 2 aromatic rings. The van der Waals surface area contributed by atoms with E-state index in [1.807, 2.05) is 6.20 Å². The Balaban J connectivity index is 1.87. The van der Waals surface area contributed by atoms with Crippen LogP contribution in [0.2, 0.25) is 0 Å². The van der Waals surface area contributed by atoms with Crippen molar-refractivity contribution in [2.75, 3.05) is 24.6 Å². The summed E-state index contributed by atoms with van der Waals surface area (Å²) in [7, 11) is 0. The van der Waals surface area contributed by atoms with Gasteiger partial charge in [-0.05, 0) is 43.2 Å². The second-order valence-corrected chi connectivity index (χ2v) is 7.74. The Morgan fingerprint density at radius 3 is 2.80 bits per heavy atom. The normalized spacial score (nSPS) is 20.9. The van der Waals surface area contributed by atoms with E-state index in [1.165, 1.54) is 16.7 Å². The Labute approximate surface area is 150 Å². The van der Waals surface area contributed by atoms with Gasteiger partial charge >= 0.3 is 0 Å². The van der Waals surface area contributed by atoms with Crippen LogP contribution in [-0.2, 0) is 6.42 Å². The fraction of sp³-hybridized carbons (Fsp3) is 0.524. The Kier molecular flexibility index (Phi) is 5.38. The number of hydrogen-bond acceptors (Lipinski definition) is 4. The maximum atomic E-state index is 10.3. The SMILES string of the molecule is Cc1ccccc1C[C@]1(CO)CCCN(c2ncncc2C(C)C)C1. The molecule has 0 aliphatic carbocycles. The monoisotopic (exact) mass is 339 g/mol. The van der Waals surface area contributed by atoms with Crippen molar-refractivity contribution in [1.82, 2.24) is 9.97 Å². The highest BCUT2D eigenvalue weighted by molar-refractivity contribution is 5.48. The number of aliphatic hydroxyl groups excluding tert-OH is 1. The first-order chi connectivity index (χ1) is 12.0. The molecule has 1 aromatic carbocycles. The van der Waals surface area contributed by atoms with Gasteiger partial charge < -0.3 is 10.0 Å². The van der Waals surface area contributed by atoms with E-state index >= 15 is 0 Å². The van der Waals surface area contributed by atoms with Crippen LogP contribution in [0.3, 0.4) is 0 Å². The zero-order valence-corrected chi connectivity index (χ0v) is 15.6. The number of anilines is 1. The molecule has 4 heteroatoms. The highest BCUT2D eigenvalue weighted by atomic mass is 16.3. The van der Waals surface area contributed by atoms with Gasteiger partial charge in [-0.3, -0.25) is 0 Å². The minimum absolute atomic E-state index is 0.108. The molecule has 1 fully saturated rings. The van der Waals surface area contributed by atoms with Crippen molar-refractivity contribution in [2.45, 2.75) is 46.0 Å². The molecular formula is C21H29N3O. The Bertz CT molecular complexity index is 716. The van der Waals surface area contributed by atoms with Gasteiger partial charge in [-0.15, -0.1) is 0 Å². The number of aryl methyl sites for hydroxylation is 1. The molecule has 134 valence electrons. The minimum Gasteiger partial charge on any atom is -0.396 e. The summed E-state index contributed by atoms with van der Waals surface area (Å²) in [4.78, 5) is 11.1. The molecule has 2 heterocycles. The molecule has 1 aromatic heterocycles. The van der Waals surface area contributed by atoms with E-state index in [0.29, 0.717) is 5.92 Å². The first-order valence-corrected chi connectivity index (χ1v) is 9.25. The summed E-state index contributed by atoms with van der Waals surface area (Å²) in [5.74, 6) is 1.42. The van der Waals surface area contributed by atoms with Gasteiger partial charge in [0.25, 0.3) is 0 Å². The number of hydrogen-bond donors (Lipinski definition) is 1. The molecule has 1 aliphatic heterocycles. The summed E-state index contributed by atoms with van der Waals surface area (Å²) in [5, 5.41) is 10.3. The third-order valence-electron chi connectivity index (χ3n) is 5.46.